The van der Waals surface area contributed by atoms with E-state index >= 15 is 0 Å². The van der Waals surface area contributed by atoms with Gasteiger partial charge in [-0.1, -0.05) is 0 Å². The first kappa shape index (κ1) is 6.95. The first-order chi connectivity index (χ1) is 3.13. The highest BCUT2D eigenvalue weighted by atomic mass is 19.1. The van der Waals surface area contributed by atoms with Crippen LogP contribution in [0.15, 0.2) is 0 Å². The van der Waals surface area contributed by atoms with Crippen molar-refractivity contribution in [2.45, 2.75) is 26.2 Å². The van der Waals surface area contributed by atoms with Crippen LogP contribution in [0.4, 0.5) is 4.39 Å². The standard InChI is InChI=1S/C4H8BFO/c1-3(2)7-4(5)6/h3-4H,1-2H3. The Morgan fingerprint density at radius 2 is 2.00 bits per heavy atom. The highest BCUT2D eigenvalue weighted by molar-refractivity contribution is 6.09. The summed E-state index contributed by atoms with van der Waals surface area (Å²) < 4.78 is 15.9. The van der Waals surface area contributed by atoms with Gasteiger partial charge in [-0.25, -0.2) is 4.39 Å². The lowest BCUT2D eigenvalue weighted by molar-refractivity contribution is -0.0173. The normalized spacial score (nSPS) is 14.9. The van der Waals surface area contributed by atoms with Crippen LogP contribution in [0.3, 0.4) is 0 Å². The van der Waals surface area contributed by atoms with Crippen LogP contribution in [-0.2, 0) is 4.74 Å². The molecule has 0 bridgehead atoms. The third kappa shape index (κ3) is 5.95. The van der Waals surface area contributed by atoms with Gasteiger partial charge in [0.05, 0.1) is 6.10 Å². The minimum absolute atomic E-state index is 0.125. The van der Waals surface area contributed by atoms with Gasteiger partial charge in [0, 0.05) is 0 Å². The van der Waals surface area contributed by atoms with E-state index in [0.29, 0.717) is 0 Å². The minimum Gasteiger partial charge on any atom is -0.355 e. The van der Waals surface area contributed by atoms with E-state index in [0.717, 1.165) is 0 Å². The van der Waals surface area contributed by atoms with Crippen molar-refractivity contribution in [3.8, 4) is 0 Å². The lowest BCUT2D eigenvalue weighted by Crippen LogP contribution is -2.11. The van der Waals surface area contributed by atoms with Gasteiger partial charge in [-0.05, 0) is 13.8 Å². The van der Waals surface area contributed by atoms with Crippen molar-refractivity contribution in [3.63, 3.8) is 0 Å². The molecular formula is C4H8BFO. The predicted octanol–water partition coefficient (Wildman–Crippen LogP) is 0.833. The summed E-state index contributed by atoms with van der Waals surface area (Å²) in [6.07, 6.45) is -1.75. The van der Waals surface area contributed by atoms with Gasteiger partial charge < -0.3 is 4.74 Å². The second-order valence-electron chi connectivity index (χ2n) is 1.54. The van der Waals surface area contributed by atoms with Gasteiger partial charge in [-0.15, -0.1) is 0 Å². The van der Waals surface area contributed by atoms with Gasteiger partial charge in [-0.2, -0.15) is 0 Å². The molecule has 3 heteroatoms. The molecule has 0 saturated carbocycles. The molecule has 0 aromatic heterocycles. The largest absolute Gasteiger partial charge is 0.355 e. The lowest BCUT2D eigenvalue weighted by atomic mass is 10.2. The van der Waals surface area contributed by atoms with E-state index in [2.05, 4.69) is 12.6 Å². The summed E-state index contributed by atoms with van der Waals surface area (Å²) in [7, 11) is 4.60. The van der Waals surface area contributed by atoms with Crippen LogP contribution in [-0.4, -0.2) is 20.2 Å². The number of hydrogen-bond acceptors (Lipinski definition) is 1. The van der Waals surface area contributed by atoms with Crippen molar-refractivity contribution in [3.05, 3.63) is 0 Å². The number of rotatable bonds is 2. The van der Waals surface area contributed by atoms with Crippen molar-refractivity contribution >= 4 is 7.85 Å². The molecule has 0 aliphatic rings. The van der Waals surface area contributed by atoms with E-state index in [-0.39, 0.29) is 6.10 Å². The molecule has 1 unspecified atom stereocenters. The smallest absolute Gasteiger partial charge is 0.157 e. The molecule has 0 heterocycles. The molecule has 40 valence electrons. The molecule has 0 amide bonds. The van der Waals surface area contributed by atoms with Crippen molar-refractivity contribution in [2.24, 2.45) is 0 Å². The van der Waals surface area contributed by atoms with Gasteiger partial charge in [0.15, 0.2) is 14.1 Å². The maximum absolute atomic E-state index is 11.5. The Kier molecular flexibility index (Phi) is 3.00. The van der Waals surface area contributed by atoms with Crippen molar-refractivity contribution < 1.29 is 9.13 Å². The number of alkyl halides is 1. The maximum Gasteiger partial charge on any atom is 0.157 e. The van der Waals surface area contributed by atoms with Crippen LogP contribution >= 0.6 is 0 Å². The van der Waals surface area contributed by atoms with Crippen LogP contribution in [0.25, 0.3) is 0 Å². The second kappa shape index (κ2) is 3.02. The SMILES string of the molecule is [B]C(F)OC(C)C. The Morgan fingerprint density at radius 3 is 2.00 bits per heavy atom. The third-order valence-corrected chi connectivity index (χ3v) is 0.402. The van der Waals surface area contributed by atoms with E-state index < -0.39 is 6.26 Å². The quantitative estimate of drug-likeness (QED) is 0.469. The molecule has 7 heavy (non-hydrogen) atoms. The topological polar surface area (TPSA) is 9.23 Å². The first-order valence-corrected chi connectivity index (χ1v) is 2.18. The summed E-state index contributed by atoms with van der Waals surface area (Å²) in [5, 5.41) is 0. The molecule has 0 aliphatic heterocycles. The fourth-order valence-electron chi connectivity index (χ4n) is 0.260. The zero-order chi connectivity index (χ0) is 5.86. The molecule has 0 aromatic carbocycles. The lowest BCUT2D eigenvalue weighted by Gasteiger charge is -2.06. The Bertz CT molecular complexity index is 41.0. The first-order valence-electron chi connectivity index (χ1n) is 2.18. The average Bonchev–Trinajstić information content (AvgIpc) is 1.27. The molecule has 0 N–H and O–H groups in total. The van der Waals surface area contributed by atoms with E-state index in [1.54, 1.807) is 13.8 Å². The average molecular weight is 102 g/mol. The van der Waals surface area contributed by atoms with Crippen LogP contribution < -0.4 is 0 Å². The predicted molar refractivity (Wildman–Crippen MR) is 26.9 cm³/mol. The molecule has 0 rings (SSSR count). The van der Waals surface area contributed by atoms with Crippen LogP contribution in [0.5, 0.6) is 0 Å². The van der Waals surface area contributed by atoms with Crippen LogP contribution in [0, 0.1) is 0 Å². The number of hydrogen-bond donors (Lipinski definition) is 0. The molecule has 0 saturated heterocycles. The molecule has 1 atom stereocenters. The van der Waals surface area contributed by atoms with E-state index in [1.165, 1.54) is 0 Å². The van der Waals surface area contributed by atoms with Gasteiger partial charge in [0.1, 0.15) is 0 Å². The fraction of sp³-hybridized carbons (Fsp3) is 1.00. The maximum atomic E-state index is 11.5. The van der Waals surface area contributed by atoms with Gasteiger partial charge >= 0.3 is 0 Å². The fourth-order valence-corrected chi connectivity index (χ4v) is 0.260. The van der Waals surface area contributed by atoms with Gasteiger partial charge in [-0.3, -0.25) is 0 Å². The zero-order valence-corrected chi connectivity index (χ0v) is 4.52. The monoisotopic (exact) mass is 102 g/mol. The van der Waals surface area contributed by atoms with Gasteiger partial charge in [0.25, 0.3) is 0 Å². The summed E-state index contributed by atoms with van der Waals surface area (Å²) in [5.74, 6) is 0. The van der Waals surface area contributed by atoms with Crippen LogP contribution in [0.2, 0.25) is 0 Å². The molecule has 0 aromatic rings. The third-order valence-electron chi connectivity index (χ3n) is 0.402. The zero-order valence-electron chi connectivity index (χ0n) is 4.52. The molecule has 0 fully saturated rings. The Hall–Kier alpha value is -0.0451. The van der Waals surface area contributed by atoms with E-state index in [1.807, 2.05) is 0 Å². The summed E-state index contributed by atoms with van der Waals surface area (Å²) >= 11 is 0. The molecule has 0 aliphatic carbocycles. The van der Waals surface area contributed by atoms with Crippen molar-refractivity contribution in [1.29, 1.82) is 0 Å². The number of ether oxygens (including phenoxy) is 1. The number of halogens is 1. The summed E-state index contributed by atoms with van der Waals surface area (Å²) in [6.45, 7) is 3.44. The van der Waals surface area contributed by atoms with Crippen molar-refractivity contribution in [2.75, 3.05) is 0 Å². The Labute approximate surface area is 44.3 Å². The Balaban J connectivity index is 2.95. The van der Waals surface area contributed by atoms with E-state index in [4.69, 9.17) is 0 Å². The highest BCUT2D eigenvalue weighted by Gasteiger charge is 1.97. The minimum atomic E-state index is -1.62. The van der Waals surface area contributed by atoms with Crippen LogP contribution in [0.1, 0.15) is 13.8 Å². The highest BCUT2D eigenvalue weighted by Crippen LogP contribution is 1.92. The summed E-state index contributed by atoms with van der Waals surface area (Å²) in [6, 6.07) is 0. The molecule has 2 radical (unpaired) electrons. The second-order valence-corrected chi connectivity index (χ2v) is 1.54. The van der Waals surface area contributed by atoms with E-state index in [9.17, 15) is 4.39 Å². The Morgan fingerprint density at radius 1 is 1.57 bits per heavy atom. The summed E-state index contributed by atoms with van der Waals surface area (Å²) in [4.78, 5) is 0. The summed E-state index contributed by atoms with van der Waals surface area (Å²) in [5.41, 5.74) is 0. The van der Waals surface area contributed by atoms with Gasteiger partial charge in [0.2, 0.25) is 0 Å². The molecule has 1 nitrogen and oxygen atoms in total. The van der Waals surface area contributed by atoms with Crippen molar-refractivity contribution in [1.82, 2.24) is 0 Å². The molecular weight excluding hydrogens is 93.9 g/mol. The molecule has 0 spiro atoms.